The highest BCUT2D eigenvalue weighted by atomic mass is 16.3. The molecule has 0 fully saturated rings. The van der Waals surface area contributed by atoms with Gasteiger partial charge in [0, 0.05) is 24.0 Å². The van der Waals surface area contributed by atoms with E-state index in [0.717, 1.165) is 36.3 Å². The van der Waals surface area contributed by atoms with E-state index in [2.05, 4.69) is 28.9 Å². The largest absolute Gasteiger partial charge is 0.392 e. The van der Waals surface area contributed by atoms with Gasteiger partial charge in [-0.1, -0.05) is 31.5 Å². The predicted octanol–water partition coefficient (Wildman–Crippen LogP) is 3.51. The van der Waals surface area contributed by atoms with Gasteiger partial charge in [0.15, 0.2) is 0 Å². The molecule has 0 aliphatic heterocycles. The molecule has 0 aliphatic carbocycles. The van der Waals surface area contributed by atoms with Gasteiger partial charge < -0.3 is 10.0 Å². The summed E-state index contributed by atoms with van der Waals surface area (Å²) in [4.78, 5) is 6.42. The van der Waals surface area contributed by atoms with Crippen LogP contribution in [0.5, 0.6) is 0 Å². The summed E-state index contributed by atoms with van der Waals surface area (Å²) in [5, 5.41) is 9.49. The van der Waals surface area contributed by atoms with Crippen molar-refractivity contribution < 1.29 is 5.11 Å². The van der Waals surface area contributed by atoms with Crippen molar-refractivity contribution in [3.05, 3.63) is 54.4 Å². The normalized spacial score (nSPS) is 10.4. The molecule has 1 N–H and O–H groups in total. The van der Waals surface area contributed by atoms with E-state index in [0.29, 0.717) is 0 Å². The first kappa shape index (κ1) is 13.6. The van der Waals surface area contributed by atoms with Gasteiger partial charge in [-0.3, -0.25) is 4.98 Å². The number of pyridine rings is 1. The summed E-state index contributed by atoms with van der Waals surface area (Å²) in [7, 11) is 0. The van der Waals surface area contributed by atoms with Crippen LogP contribution in [0, 0.1) is 0 Å². The van der Waals surface area contributed by atoms with Crippen LogP contribution in [0.1, 0.15) is 25.3 Å². The van der Waals surface area contributed by atoms with E-state index in [9.17, 15) is 5.11 Å². The van der Waals surface area contributed by atoms with E-state index in [-0.39, 0.29) is 6.61 Å². The molecule has 19 heavy (non-hydrogen) atoms. The van der Waals surface area contributed by atoms with Gasteiger partial charge in [0.2, 0.25) is 0 Å². The number of hydrogen-bond donors (Lipinski definition) is 1. The third-order valence-corrected chi connectivity index (χ3v) is 3.15. The molecule has 1 aromatic carbocycles. The van der Waals surface area contributed by atoms with Crippen LogP contribution in [-0.4, -0.2) is 16.6 Å². The number of unbranched alkanes of at least 4 members (excludes halogenated alkanes) is 1. The molecule has 0 amide bonds. The van der Waals surface area contributed by atoms with Crippen LogP contribution in [0.4, 0.5) is 11.4 Å². The molecule has 3 heteroatoms. The van der Waals surface area contributed by atoms with E-state index < -0.39 is 0 Å². The van der Waals surface area contributed by atoms with Gasteiger partial charge >= 0.3 is 0 Å². The summed E-state index contributed by atoms with van der Waals surface area (Å²) in [6.07, 6.45) is 5.79. The minimum Gasteiger partial charge on any atom is -0.392 e. The van der Waals surface area contributed by atoms with Gasteiger partial charge in [-0.25, -0.2) is 0 Å². The SMILES string of the molecule is CCCCN(c1ccccc1)c1cnccc1CO. The molecular weight excluding hydrogens is 236 g/mol. The summed E-state index contributed by atoms with van der Waals surface area (Å²) in [6.45, 7) is 3.14. The van der Waals surface area contributed by atoms with Crippen molar-refractivity contribution in [3.63, 3.8) is 0 Å². The summed E-state index contributed by atoms with van der Waals surface area (Å²) in [6, 6.07) is 12.1. The molecule has 0 radical (unpaired) electrons. The molecule has 1 aromatic heterocycles. The standard InChI is InChI=1S/C16H20N2O/c1-2-3-11-18(15-7-5-4-6-8-15)16-12-17-10-9-14(16)13-19/h4-10,12,19H,2-3,11,13H2,1H3. The second-order valence-corrected chi connectivity index (χ2v) is 4.50. The van der Waals surface area contributed by atoms with Crippen LogP contribution in [0.2, 0.25) is 0 Å². The Morgan fingerprint density at radius 3 is 2.63 bits per heavy atom. The van der Waals surface area contributed by atoms with Gasteiger partial charge in [0.25, 0.3) is 0 Å². The monoisotopic (exact) mass is 256 g/mol. The Morgan fingerprint density at radius 2 is 1.95 bits per heavy atom. The number of benzene rings is 1. The van der Waals surface area contributed by atoms with Crippen LogP contribution in [0.25, 0.3) is 0 Å². The Balaban J connectivity index is 2.37. The van der Waals surface area contributed by atoms with Gasteiger partial charge in [-0.2, -0.15) is 0 Å². The Kier molecular flexibility index (Phi) is 4.93. The molecule has 0 spiro atoms. The smallest absolute Gasteiger partial charge is 0.0703 e. The fourth-order valence-corrected chi connectivity index (χ4v) is 2.10. The first-order valence-corrected chi connectivity index (χ1v) is 6.73. The molecular formula is C16H20N2O. The Morgan fingerprint density at radius 1 is 1.16 bits per heavy atom. The molecule has 3 nitrogen and oxygen atoms in total. The molecule has 1 heterocycles. The average Bonchev–Trinajstić information content (AvgIpc) is 2.49. The number of aliphatic hydroxyl groups is 1. The van der Waals surface area contributed by atoms with Crippen molar-refractivity contribution in [2.75, 3.05) is 11.4 Å². The first-order chi connectivity index (χ1) is 9.36. The fourth-order valence-electron chi connectivity index (χ4n) is 2.10. The zero-order valence-electron chi connectivity index (χ0n) is 11.3. The van der Waals surface area contributed by atoms with Crippen LogP contribution >= 0.6 is 0 Å². The van der Waals surface area contributed by atoms with E-state index in [4.69, 9.17) is 0 Å². The lowest BCUT2D eigenvalue weighted by Gasteiger charge is -2.26. The molecule has 0 saturated heterocycles. The summed E-state index contributed by atoms with van der Waals surface area (Å²) < 4.78 is 0. The number of hydrogen-bond acceptors (Lipinski definition) is 3. The lowest BCUT2D eigenvalue weighted by molar-refractivity contribution is 0.282. The van der Waals surface area contributed by atoms with Crippen LogP contribution < -0.4 is 4.90 Å². The highest BCUT2D eigenvalue weighted by Gasteiger charge is 2.12. The number of aromatic nitrogens is 1. The van der Waals surface area contributed by atoms with E-state index >= 15 is 0 Å². The van der Waals surface area contributed by atoms with Gasteiger partial charge in [-0.05, 0) is 24.6 Å². The highest BCUT2D eigenvalue weighted by molar-refractivity contribution is 5.65. The van der Waals surface area contributed by atoms with E-state index in [1.807, 2.05) is 30.5 Å². The third-order valence-electron chi connectivity index (χ3n) is 3.15. The predicted molar refractivity (Wildman–Crippen MR) is 78.5 cm³/mol. The van der Waals surface area contributed by atoms with Gasteiger partial charge in [-0.15, -0.1) is 0 Å². The minimum atomic E-state index is 0.0350. The lowest BCUT2D eigenvalue weighted by Crippen LogP contribution is -2.20. The number of rotatable bonds is 6. The zero-order valence-corrected chi connectivity index (χ0v) is 11.3. The van der Waals surface area contributed by atoms with Gasteiger partial charge in [0.05, 0.1) is 18.5 Å². The topological polar surface area (TPSA) is 36.4 Å². The van der Waals surface area contributed by atoms with Gasteiger partial charge in [0.1, 0.15) is 0 Å². The third kappa shape index (κ3) is 3.32. The summed E-state index contributed by atoms with van der Waals surface area (Å²) in [5.41, 5.74) is 3.04. The Labute approximate surface area is 114 Å². The Hall–Kier alpha value is -1.87. The van der Waals surface area contributed by atoms with Crippen molar-refractivity contribution in [2.24, 2.45) is 0 Å². The maximum atomic E-state index is 9.49. The maximum absolute atomic E-state index is 9.49. The number of aliphatic hydroxyl groups excluding tert-OH is 1. The van der Waals surface area contributed by atoms with E-state index in [1.165, 1.54) is 0 Å². The highest BCUT2D eigenvalue weighted by Crippen LogP contribution is 2.28. The fraction of sp³-hybridized carbons (Fsp3) is 0.312. The molecule has 0 bridgehead atoms. The summed E-state index contributed by atoms with van der Waals surface area (Å²) in [5.74, 6) is 0. The molecule has 0 unspecified atom stereocenters. The molecule has 0 saturated carbocycles. The van der Waals surface area contributed by atoms with E-state index in [1.54, 1.807) is 6.20 Å². The first-order valence-electron chi connectivity index (χ1n) is 6.73. The van der Waals surface area contributed by atoms with Crippen molar-refractivity contribution in [2.45, 2.75) is 26.4 Å². The Bertz CT molecular complexity index is 499. The second-order valence-electron chi connectivity index (χ2n) is 4.50. The quantitative estimate of drug-likeness (QED) is 0.859. The number of nitrogens with zero attached hydrogens (tertiary/aromatic N) is 2. The van der Waals surface area contributed by atoms with Crippen LogP contribution in [0.3, 0.4) is 0 Å². The summed E-state index contributed by atoms with van der Waals surface area (Å²) >= 11 is 0. The second kappa shape index (κ2) is 6.90. The number of anilines is 2. The van der Waals surface area contributed by atoms with Crippen LogP contribution in [0.15, 0.2) is 48.8 Å². The molecule has 0 atom stereocenters. The molecule has 0 aliphatic rings. The number of para-hydroxylation sites is 1. The molecule has 2 aromatic rings. The minimum absolute atomic E-state index is 0.0350. The van der Waals surface area contributed by atoms with Crippen LogP contribution in [-0.2, 0) is 6.61 Å². The maximum Gasteiger partial charge on any atom is 0.0703 e. The zero-order chi connectivity index (χ0) is 13.5. The van der Waals surface area contributed by atoms with Crippen molar-refractivity contribution >= 4 is 11.4 Å². The average molecular weight is 256 g/mol. The molecule has 2 rings (SSSR count). The van der Waals surface area contributed by atoms with Crippen molar-refractivity contribution in [3.8, 4) is 0 Å². The lowest BCUT2D eigenvalue weighted by atomic mass is 10.1. The molecule has 100 valence electrons. The van der Waals surface area contributed by atoms with Crippen molar-refractivity contribution in [1.29, 1.82) is 0 Å². The van der Waals surface area contributed by atoms with Crippen molar-refractivity contribution in [1.82, 2.24) is 4.98 Å².